The van der Waals surface area contributed by atoms with Crippen molar-refractivity contribution in [2.75, 3.05) is 7.11 Å². The maximum Gasteiger partial charge on any atom is 0.232 e. The van der Waals surface area contributed by atoms with Crippen LogP contribution in [0.1, 0.15) is 24.1 Å². The second kappa shape index (κ2) is 6.54. The average Bonchev–Trinajstić information content (AvgIpc) is 3.36. The van der Waals surface area contributed by atoms with Crippen LogP contribution in [0.5, 0.6) is 11.6 Å². The van der Waals surface area contributed by atoms with E-state index >= 15 is 0 Å². The predicted molar refractivity (Wildman–Crippen MR) is 79.2 cm³/mol. The highest BCUT2D eigenvalue weighted by atomic mass is 16.5. The fourth-order valence-electron chi connectivity index (χ4n) is 1.96. The number of hydrogen-bond acceptors (Lipinski definition) is 5. The number of rotatable bonds is 7. The molecule has 110 valence electrons. The Morgan fingerprint density at radius 3 is 2.86 bits per heavy atom. The summed E-state index contributed by atoms with van der Waals surface area (Å²) in [6.07, 6.45) is 5.98. The Morgan fingerprint density at radius 1 is 1.24 bits per heavy atom. The van der Waals surface area contributed by atoms with Crippen LogP contribution < -0.4 is 14.8 Å². The summed E-state index contributed by atoms with van der Waals surface area (Å²) in [5.74, 6) is 1.36. The number of benzene rings is 1. The van der Waals surface area contributed by atoms with Crippen LogP contribution in [-0.2, 0) is 13.2 Å². The van der Waals surface area contributed by atoms with Crippen molar-refractivity contribution in [1.82, 2.24) is 15.3 Å². The zero-order chi connectivity index (χ0) is 14.5. The molecule has 1 aromatic heterocycles. The van der Waals surface area contributed by atoms with Gasteiger partial charge >= 0.3 is 0 Å². The van der Waals surface area contributed by atoms with Gasteiger partial charge < -0.3 is 14.8 Å². The summed E-state index contributed by atoms with van der Waals surface area (Å²) in [5, 5.41) is 3.41. The minimum atomic E-state index is 0.450. The van der Waals surface area contributed by atoms with Crippen LogP contribution in [0.3, 0.4) is 0 Å². The number of ether oxygens (including phenoxy) is 2. The highest BCUT2D eigenvalue weighted by molar-refractivity contribution is 5.28. The minimum Gasteiger partial charge on any atom is -0.497 e. The molecule has 1 aliphatic carbocycles. The summed E-state index contributed by atoms with van der Waals surface area (Å²) in [4.78, 5) is 8.63. The van der Waals surface area contributed by atoms with Gasteiger partial charge in [-0.3, -0.25) is 4.98 Å². The Morgan fingerprint density at radius 2 is 2.14 bits per heavy atom. The van der Waals surface area contributed by atoms with E-state index in [0.717, 1.165) is 23.6 Å². The Bertz CT molecular complexity index is 582. The van der Waals surface area contributed by atoms with Gasteiger partial charge in [-0.1, -0.05) is 12.1 Å². The predicted octanol–water partition coefficient (Wildman–Crippen LogP) is 2.32. The Balaban J connectivity index is 1.52. The molecule has 1 heterocycles. The van der Waals surface area contributed by atoms with Crippen molar-refractivity contribution in [3.63, 3.8) is 0 Å². The normalized spacial score (nSPS) is 14.0. The molecule has 1 N–H and O–H groups in total. The second-order valence-corrected chi connectivity index (χ2v) is 5.14. The van der Waals surface area contributed by atoms with Crippen molar-refractivity contribution < 1.29 is 9.47 Å². The number of hydrogen-bond donors (Lipinski definition) is 1. The molecule has 21 heavy (non-hydrogen) atoms. The van der Waals surface area contributed by atoms with Crippen LogP contribution in [0.15, 0.2) is 36.7 Å². The first-order chi connectivity index (χ1) is 10.3. The average molecular weight is 285 g/mol. The van der Waals surface area contributed by atoms with Gasteiger partial charge in [0.05, 0.1) is 25.2 Å². The molecule has 5 nitrogen and oxygen atoms in total. The molecule has 1 aliphatic rings. The molecule has 0 radical (unpaired) electrons. The minimum absolute atomic E-state index is 0.450. The van der Waals surface area contributed by atoms with Gasteiger partial charge in [-0.05, 0) is 30.5 Å². The van der Waals surface area contributed by atoms with Crippen molar-refractivity contribution in [3.05, 3.63) is 47.9 Å². The molecule has 0 saturated heterocycles. The van der Waals surface area contributed by atoms with Gasteiger partial charge in [0, 0.05) is 12.6 Å². The topological polar surface area (TPSA) is 56.3 Å². The third-order valence-electron chi connectivity index (χ3n) is 3.35. The number of nitrogens with zero attached hydrogens (tertiary/aromatic N) is 2. The molecular weight excluding hydrogens is 266 g/mol. The molecule has 0 amide bonds. The smallest absolute Gasteiger partial charge is 0.232 e. The standard InChI is InChI=1S/C16H19N3O2/c1-20-15-4-2-3-12(7-15)11-21-16-10-18-14(9-19-16)8-17-13-5-6-13/h2-4,7,9-10,13,17H,5-6,8,11H2,1H3. The zero-order valence-electron chi connectivity index (χ0n) is 12.1. The van der Waals surface area contributed by atoms with Gasteiger partial charge in [0.25, 0.3) is 0 Å². The summed E-state index contributed by atoms with van der Waals surface area (Å²) in [5.41, 5.74) is 1.98. The van der Waals surface area contributed by atoms with Crippen LogP contribution in [0, 0.1) is 0 Å². The van der Waals surface area contributed by atoms with Gasteiger partial charge in [0.2, 0.25) is 5.88 Å². The van der Waals surface area contributed by atoms with Gasteiger partial charge in [0.15, 0.2) is 0 Å². The largest absolute Gasteiger partial charge is 0.497 e. The summed E-state index contributed by atoms with van der Waals surface area (Å²) in [6, 6.07) is 8.46. The quantitative estimate of drug-likeness (QED) is 0.846. The first-order valence-electron chi connectivity index (χ1n) is 7.13. The third kappa shape index (κ3) is 4.16. The Labute approximate surface area is 124 Å². The lowest BCUT2D eigenvalue weighted by Gasteiger charge is -2.07. The maximum atomic E-state index is 5.63. The van der Waals surface area contributed by atoms with E-state index < -0.39 is 0 Å². The maximum absolute atomic E-state index is 5.63. The van der Waals surface area contributed by atoms with Crippen molar-refractivity contribution in [1.29, 1.82) is 0 Å². The zero-order valence-corrected chi connectivity index (χ0v) is 12.1. The van der Waals surface area contributed by atoms with E-state index in [-0.39, 0.29) is 0 Å². The fourth-order valence-corrected chi connectivity index (χ4v) is 1.96. The lowest BCUT2D eigenvalue weighted by atomic mass is 10.2. The van der Waals surface area contributed by atoms with Crippen molar-refractivity contribution in [2.24, 2.45) is 0 Å². The van der Waals surface area contributed by atoms with Gasteiger partial charge in [-0.15, -0.1) is 0 Å². The molecule has 3 rings (SSSR count). The molecule has 5 heteroatoms. The number of nitrogens with one attached hydrogen (secondary N) is 1. The van der Waals surface area contributed by atoms with E-state index in [2.05, 4.69) is 15.3 Å². The summed E-state index contributed by atoms with van der Waals surface area (Å²) >= 11 is 0. The molecule has 2 aromatic rings. The highest BCUT2D eigenvalue weighted by Crippen LogP contribution is 2.19. The molecule has 1 saturated carbocycles. The number of methoxy groups -OCH3 is 1. The first kappa shape index (κ1) is 13.8. The molecule has 1 aromatic carbocycles. The number of aromatic nitrogens is 2. The summed E-state index contributed by atoms with van der Waals surface area (Å²) in [7, 11) is 1.65. The highest BCUT2D eigenvalue weighted by Gasteiger charge is 2.20. The first-order valence-corrected chi connectivity index (χ1v) is 7.13. The molecule has 0 bridgehead atoms. The van der Waals surface area contributed by atoms with Crippen LogP contribution in [0.4, 0.5) is 0 Å². The van der Waals surface area contributed by atoms with E-state index in [1.807, 2.05) is 24.3 Å². The van der Waals surface area contributed by atoms with Crippen LogP contribution in [0.25, 0.3) is 0 Å². The van der Waals surface area contributed by atoms with Gasteiger partial charge in [-0.25, -0.2) is 4.98 Å². The Hall–Kier alpha value is -2.14. The van der Waals surface area contributed by atoms with Gasteiger partial charge in [0.1, 0.15) is 12.4 Å². The third-order valence-corrected chi connectivity index (χ3v) is 3.35. The summed E-state index contributed by atoms with van der Waals surface area (Å²) in [6.45, 7) is 1.22. The SMILES string of the molecule is COc1cccc(COc2cnc(CNC3CC3)cn2)c1. The fraction of sp³-hybridized carbons (Fsp3) is 0.375. The molecule has 0 aliphatic heterocycles. The molecular formula is C16H19N3O2. The lowest BCUT2D eigenvalue weighted by Crippen LogP contribution is -2.16. The van der Waals surface area contributed by atoms with E-state index in [1.54, 1.807) is 19.5 Å². The van der Waals surface area contributed by atoms with Crippen molar-refractivity contribution in [3.8, 4) is 11.6 Å². The van der Waals surface area contributed by atoms with Crippen LogP contribution in [0.2, 0.25) is 0 Å². The Kier molecular flexibility index (Phi) is 4.31. The molecule has 0 unspecified atom stereocenters. The van der Waals surface area contributed by atoms with Crippen molar-refractivity contribution in [2.45, 2.75) is 32.0 Å². The van der Waals surface area contributed by atoms with Crippen LogP contribution >= 0.6 is 0 Å². The van der Waals surface area contributed by atoms with Crippen LogP contribution in [-0.4, -0.2) is 23.1 Å². The van der Waals surface area contributed by atoms with E-state index in [4.69, 9.17) is 9.47 Å². The lowest BCUT2D eigenvalue weighted by molar-refractivity contribution is 0.291. The van der Waals surface area contributed by atoms with E-state index in [1.165, 1.54) is 12.8 Å². The van der Waals surface area contributed by atoms with Gasteiger partial charge in [-0.2, -0.15) is 0 Å². The molecule has 1 fully saturated rings. The summed E-state index contributed by atoms with van der Waals surface area (Å²) < 4.78 is 10.8. The molecule has 0 atom stereocenters. The monoisotopic (exact) mass is 285 g/mol. The van der Waals surface area contributed by atoms with Crippen molar-refractivity contribution >= 4 is 0 Å². The molecule has 0 spiro atoms. The second-order valence-electron chi connectivity index (χ2n) is 5.14. The van der Waals surface area contributed by atoms with E-state index in [0.29, 0.717) is 18.5 Å². The van der Waals surface area contributed by atoms with E-state index in [9.17, 15) is 0 Å².